The van der Waals surface area contributed by atoms with E-state index in [1.54, 1.807) is 0 Å². The molecule has 0 radical (unpaired) electrons. The highest BCUT2D eigenvalue weighted by atomic mass is 28.4. The maximum absolute atomic E-state index is 3.68. The molecule has 0 atom stereocenters. The van der Waals surface area contributed by atoms with Crippen LogP contribution >= 0.6 is 0 Å². The van der Waals surface area contributed by atoms with Crippen LogP contribution in [0.15, 0.2) is 0 Å². The molecule has 0 aromatic heterocycles. The molecule has 0 rings (SSSR count). The lowest BCUT2D eigenvalue weighted by molar-refractivity contribution is 0.295. The Labute approximate surface area is 122 Å². The van der Waals surface area contributed by atoms with E-state index in [4.69, 9.17) is 0 Å². The predicted molar refractivity (Wildman–Crippen MR) is 88.2 cm³/mol. The smallest absolute Gasteiger partial charge is 0.303 e. The molecule has 4 nitrogen and oxygen atoms in total. The molecule has 0 aliphatic rings. The normalized spacial score (nSPS) is 12.6. The van der Waals surface area contributed by atoms with E-state index >= 15 is 0 Å². The molecule has 0 heterocycles. The van der Waals surface area contributed by atoms with Gasteiger partial charge in [-0.3, -0.25) is 9.13 Å². The van der Waals surface area contributed by atoms with Gasteiger partial charge in [0.1, 0.15) is 0 Å². The number of nitrogens with zero attached hydrogens (tertiary/aromatic N) is 2. The molecule has 2 N–H and O–H groups in total. The standard InChI is InChI=1S/C14H36N4Si/c1-7-11-17(12-8-2)19(15-5,16-6)18(13-9-3)14-10-4/h15-16H,7-14H2,1-6H3. The van der Waals surface area contributed by atoms with Crippen LogP contribution in [-0.2, 0) is 0 Å². The van der Waals surface area contributed by atoms with Crippen molar-refractivity contribution in [3.63, 3.8) is 0 Å². The average molecular weight is 289 g/mol. The third-order valence-electron chi connectivity index (χ3n) is 3.59. The molecule has 0 fully saturated rings. The zero-order valence-electron chi connectivity index (χ0n) is 14.1. The first kappa shape index (κ1) is 19.1. The zero-order chi connectivity index (χ0) is 14.7. The van der Waals surface area contributed by atoms with Gasteiger partial charge in [0.2, 0.25) is 0 Å². The van der Waals surface area contributed by atoms with E-state index in [1.165, 1.54) is 51.9 Å². The topological polar surface area (TPSA) is 30.5 Å². The number of rotatable bonds is 12. The van der Waals surface area contributed by atoms with Crippen molar-refractivity contribution in [2.45, 2.75) is 53.4 Å². The molecular weight excluding hydrogens is 252 g/mol. The molecule has 5 heteroatoms. The van der Waals surface area contributed by atoms with Gasteiger partial charge in [-0.25, -0.2) is 0 Å². The van der Waals surface area contributed by atoms with Gasteiger partial charge in [-0.15, -0.1) is 0 Å². The van der Waals surface area contributed by atoms with Gasteiger partial charge in [0.15, 0.2) is 0 Å². The highest BCUT2D eigenvalue weighted by Crippen LogP contribution is 2.12. The molecule has 0 aliphatic heterocycles. The molecule has 0 aliphatic carbocycles. The van der Waals surface area contributed by atoms with Gasteiger partial charge in [-0.1, -0.05) is 27.7 Å². The monoisotopic (exact) mass is 288 g/mol. The summed E-state index contributed by atoms with van der Waals surface area (Å²) in [5.74, 6) is 0. The molecule has 0 aromatic rings. The van der Waals surface area contributed by atoms with Crippen LogP contribution in [0.3, 0.4) is 0 Å². The Morgan fingerprint density at radius 1 is 0.632 bits per heavy atom. The summed E-state index contributed by atoms with van der Waals surface area (Å²) in [5, 5.41) is 0. The average Bonchev–Trinajstić information content (AvgIpc) is 2.41. The molecule has 19 heavy (non-hydrogen) atoms. The van der Waals surface area contributed by atoms with E-state index in [0.717, 1.165) is 0 Å². The molecule has 0 aromatic carbocycles. The largest absolute Gasteiger partial charge is 0.371 e. The zero-order valence-corrected chi connectivity index (χ0v) is 15.1. The maximum Gasteiger partial charge on any atom is 0.371 e. The van der Waals surface area contributed by atoms with E-state index in [-0.39, 0.29) is 0 Å². The minimum absolute atomic E-state index is 1.17. The van der Waals surface area contributed by atoms with Crippen molar-refractivity contribution in [1.29, 1.82) is 0 Å². The van der Waals surface area contributed by atoms with Crippen LogP contribution in [-0.4, -0.2) is 58.1 Å². The first-order valence-electron chi connectivity index (χ1n) is 8.04. The maximum atomic E-state index is 3.68. The fourth-order valence-electron chi connectivity index (χ4n) is 2.91. The van der Waals surface area contributed by atoms with Gasteiger partial charge < -0.3 is 9.96 Å². The Bertz CT molecular complexity index is 180. The van der Waals surface area contributed by atoms with E-state index < -0.39 is 8.72 Å². The highest BCUT2D eigenvalue weighted by molar-refractivity contribution is 6.69. The second kappa shape index (κ2) is 10.8. The Morgan fingerprint density at radius 3 is 1.05 bits per heavy atom. The second-order valence-corrected chi connectivity index (χ2v) is 8.76. The fraction of sp³-hybridized carbons (Fsp3) is 1.00. The van der Waals surface area contributed by atoms with E-state index in [2.05, 4.69) is 60.9 Å². The lowest BCUT2D eigenvalue weighted by Gasteiger charge is -2.47. The van der Waals surface area contributed by atoms with Gasteiger partial charge in [0.05, 0.1) is 0 Å². The van der Waals surface area contributed by atoms with Crippen LogP contribution in [0, 0.1) is 0 Å². The number of nitrogens with one attached hydrogen (secondary N) is 2. The van der Waals surface area contributed by atoms with Crippen molar-refractivity contribution in [3.8, 4) is 0 Å². The first-order valence-corrected chi connectivity index (χ1v) is 9.93. The fourth-order valence-corrected chi connectivity index (χ4v) is 7.01. The molecule has 0 saturated carbocycles. The van der Waals surface area contributed by atoms with Gasteiger partial charge >= 0.3 is 8.72 Å². The molecule has 116 valence electrons. The summed E-state index contributed by atoms with van der Waals surface area (Å²) in [6, 6.07) is 0. The highest BCUT2D eigenvalue weighted by Gasteiger charge is 2.43. The van der Waals surface area contributed by atoms with Crippen LogP contribution in [0.5, 0.6) is 0 Å². The minimum atomic E-state index is -1.92. The van der Waals surface area contributed by atoms with Gasteiger partial charge in [0.25, 0.3) is 0 Å². The summed E-state index contributed by atoms with van der Waals surface area (Å²) in [5.41, 5.74) is 0. The Morgan fingerprint density at radius 2 is 0.895 bits per heavy atom. The van der Waals surface area contributed by atoms with Crippen LogP contribution in [0.25, 0.3) is 0 Å². The van der Waals surface area contributed by atoms with E-state index in [0.29, 0.717) is 0 Å². The molecule has 0 unspecified atom stereocenters. The summed E-state index contributed by atoms with van der Waals surface area (Å²) in [7, 11) is 2.33. The van der Waals surface area contributed by atoms with Gasteiger partial charge in [-0.2, -0.15) is 0 Å². The molecule has 0 spiro atoms. The summed E-state index contributed by atoms with van der Waals surface area (Å²) < 4.78 is 5.36. The SMILES string of the molecule is CCCN(CCC)[Si](NC)(NC)N(CCC)CCC. The van der Waals surface area contributed by atoms with Crippen molar-refractivity contribution in [3.05, 3.63) is 0 Å². The van der Waals surface area contributed by atoms with Crippen LogP contribution in [0.4, 0.5) is 0 Å². The van der Waals surface area contributed by atoms with Crippen molar-refractivity contribution < 1.29 is 0 Å². The Hall–Kier alpha value is 0.0569. The molecular formula is C14H36N4Si. The van der Waals surface area contributed by atoms with Crippen molar-refractivity contribution in [1.82, 2.24) is 19.1 Å². The van der Waals surface area contributed by atoms with Crippen molar-refractivity contribution >= 4 is 8.72 Å². The third kappa shape index (κ3) is 5.15. The van der Waals surface area contributed by atoms with Gasteiger partial charge in [-0.05, 0) is 66.0 Å². The Kier molecular flexibility index (Phi) is 10.8. The quantitative estimate of drug-likeness (QED) is 0.539. The predicted octanol–water partition coefficient (Wildman–Crippen LogP) is 2.10. The van der Waals surface area contributed by atoms with Gasteiger partial charge in [0, 0.05) is 0 Å². The van der Waals surface area contributed by atoms with E-state index in [1.807, 2.05) is 0 Å². The molecule has 0 amide bonds. The third-order valence-corrected chi connectivity index (χ3v) is 7.71. The summed E-state index contributed by atoms with van der Waals surface area (Å²) in [4.78, 5) is 7.37. The van der Waals surface area contributed by atoms with E-state index in [9.17, 15) is 0 Å². The Balaban J connectivity index is 5.21. The summed E-state index contributed by atoms with van der Waals surface area (Å²) in [6.07, 6.45) is 4.85. The molecule has 0 bridgehead atoms. The lowest BCUT2D eigenvalue weighted by Crippen LogP contribution is -2.81. The number of hydrogen-bond acceptors (Lipinski definition) is 4. The second-order valence-electron chi connectivity index (χ2n) is 5.15. The van der Waals surface area contributed by atoms with Crippen molar-refractivity contribution in [2.24, 2.45) is 0 Å². The minimum Gasteiger partial charge on any atom is -0.303 e. The lowest BCUT2D eigenvalue weighted by atomic mass is 10.4. The molecule has 0 saturated heterocycles. The van der Waals surface area contributed by atoms with Crippen LogP contribution in [0.1, 0.15) is 53.4 Å². The van der Waals surface area contributed by atoms with Crippen LogP contribution < -0.4 is 9.96 Å². The van der Waals surface area contributed by atoms with Crippen LogP contribution in [0.2, 0.25) is 0 Å². The first-order chi connectivity index (χ1) is 9.16. The van der Waals surface area contributed by atoms with Crippen molar-refractivity contribution in [2.75, 3.05) is 40.3 Å². The summed E-state index contributed by atoms with van der Waals surface area (Å²) in [6.45, 7) is 13.8. The summed E-state index contributed by atoms with van der Waals surface area (Å²) >= 11 is 0. The number of hydrogen-bond donors (Lipinski definition) is 2.